The molecule has 1 amide bonds. The summed E-state index contributed by atoms with van der Waals surface area (Å²) in [5.41, 5.74) is 2.60. The minimum Gasteiger partial charge on any atom is -0.370 e. The molecular weight excluding hydrogens is 288 g/mol. The molecule has 1 N–H and O–H groups in total. The average Bonchev–Trinajstić information content (AvgIpc) is 2.62. The Morgan fingerprint density at radius 2 is 1.96 bits per heavy atom. The summed E-state index contributed by atoms with van der Waals surface area (Å²) in [7, 11) is 0. The fourth-order valence-corrected chi connectivity index (χ4v) is 2.72. The second-order valence-electron chi connectivity index (χ2n) is 5.52. The van der Waals surface area contributed by atoms with E-state index in [4.69, 9.17) is 0 Å². The van der Waals surface area contributed by atoms with Crippen LogP contribution in [0.5, 0.6) is 0 Å². The van der Waals surface area contributed by atoms with Gasteiger partial charge >= 0.3 is 0 Å². The van der Waals surface area contributed by atoms with Crippen LogP contribution in [-0.2, 0) is 4.79 Å². The number of hydrogen-bond acceptors (Lipinski definition) is 4. The zero-order valence-corrected chi connectivity index (χ0v) is 13.0. The molecule has 3 rings (SSSR count). The number of nitrogens with zero attached hydrogens (tertiary/aromatic N) is 3. The fourth-order valence-electron chi connectivity index (χ4n) is 2.72. The van der Waals surface area contributed by atoms with Gasteiger partial charge in [0.1, 0.15) is 0 Å². The van der Waals surface area contributed by atoms with Crippen molar-refractivity contribution in [3.63, 3.8) is 0 Å². The Labute approximate surface area is 136 Å². The Morgan fingerprint density at radius 3 is 2.74 bits per heavy atom. The highest BCUT2D eigenvalue weighted by Gasteiger charge is 2.14. The molecule has 2 aromatic rings. The summed E-state index contributed by atoms with van der Waals surface area (Å²) in [5, 5.41) is 2.96. The van der Waals surface area contributed by atoms with Crippen molar-refractivity contribution in [3.8, 4) is 0 Å². The number of carbonyl (C=O) groups excluding carboxylic acids is 1. The molecule has 0 unspecified atom stereocenters. The standard InChI is InChI=1S/C18H20N4O/c23-18(9-8-15-14-19-10-11-20-15)21-16-6-2-3-7-17(16)22-12-4-1-5-13-22/h2-3,6-11,14H,1,4-5,12-13H2,(H,21,23)/b9-8+. The van der Waals surface area contributed by atoms with Crippen LogP contribution in [0.1, 0.15) is 25.0 Å². The molecular formula is C18H20N4O. The van der Waals surface area contributed by atoms with Crippen LogP contribution in [0.3, 0.4) is 0 Å². The second kappa shape index (κ2) is 7.54. The molecule has 0 aliphatic carbocycles. The first-order chi connectivity index (χ1) is 11.3. The molecule has 1 aliphatic heterocycles. The third kappa shape index (κ3) is 4.16. The third-order valence-corrected chi connectivity index (χ3v) is 3.85. The molecule has 0 radical (unpaired) electrons. The summed E-state index contributed by atoms with van der Waals surface area (Å²) in [6.45, 7) is 2.09. The Morgan fingerprint density at radius 1 is 1.13 bits per heavy atom. The van der Waals surface area contributed by atoms with Crippen molar-refractivity contribution in [2.24, 2.45) is 0 Å². The highest BCUT2D eigenvalue weighted by Crippen LogP contribution is 2.28. The summed E-state index contributed by atoms with van der Waals surface area (Å²) in [4.78, 5) is 22.6. The lowest BCUT2D eigenvalue weighted by Gasteiger charge is -2.30. The largest absolute Gasteiger partial charge is 0.370 e. The zero-order chi connectivity index (χ0) is 15.9. The van der Waals surface area contributed by atoms with E-state index < -0.39 is 0 Å². The number of benzene rings is 1. The first-order valence-corrected chi connectivity index (χ1v) is 7.92. The molecule has 5 heteroatoms. The zero-order valence-electron chi connectivity index (χ0n) is 13.0. The van der Waals surface area contributed by atoms with Gasteiger partial charge in [-0.1, -0.05) is 12.1 Å². The number of aromatic nitrogens is 2. The van der Waals surface area contributed by atoms with Gasteiger partial charge in [0, 0.05) is 31.6 Å². The molecule has 23 heavy (non-hydrogen) atoms. The molecule has 0 atom stereocenters. The number of rotatable bonds is 4. The number of nitrogens with one attached hydrogen (secondary N) is 1. The van der Waals surface area contributed by atoms with Gasteiger partial charge in [-0.05, 0) is 37.5 Å². The van der Waals surface area contributed by atoms with Crippen LogP contribution in [0.2, 0.25) is 0 Å². The minimum atomic E-state index is -0.167. The van der Waals surface area contributed by atoms with E-state index in [0.29, 0.717) is 5.69 Å². The van der Waals surface area contributed by atoms with Gasteiger partial charge < -0.3 is 10.2 Å². The maximum Gasteiger partial charge on any atom is 0.248 e. The van der Waals surface area contributed by atoms with Crippen molar-refractivity contribution >= 4 is 23.4 Å². The molecule has 0 saturated carbocycles. The smallest absolute Gasteiger partial charge is 0.248 e. The van der Waals surface area contributed by atoms with Crippen molar-refractivity contribution in [3.05, 3.63) is 54.6 Å². The van der Waals surface area contributed by atoms with E-state index in [1.165, 1.54) is 25.3 Å². The molecule has 1 aliphatic rings. The Hall–Kier alpha value is -2.69. The highest BCUT2D eigenvalue weighted by atomic mass is 16.1. The van der Waals surface area contributed by atoms with E-state index in [9.17, 15) is 4.79 Å². The van der Waals surface area contributed by atoms with Gasteiger partial charge in [-0.15, -0.1) is 0 Å². The molecule has 1 saturated heterocycles. The number of anilines is 2. The molecule has 0 spiro atoms. The lowest BCUT2D eigenvalue weighted by Crippen LogP contribution is -2.30. The van der Waals surface area contributed by atoms with Gasteiger partial charge in [0.25, 0.3) is 0 Å². The summed E-state index contributed by atoms with van der Waals surface area (Å²) in [6.07, 6.45) is 11.7. The van der Waals surface area contributed by atoms with Crippen LogP contribution in [0, 0.1) is 0 Å². The first kappa shape index (κ1) is 15.2. The number of para-hydroxylation sites is 2. The Kier molecular flexibility index (Phi) is 4.99. The van der Waals surface area contributed by atoms with Crippen LogP contribution in [0.25, 0.3) is 6.08 Å². The van der Waals surface area contributed by atoms with Crippen LogP contribution >= 0.6 is 0 Å². The predicted molar refractivity (Wildman–Crippen MR) is 92.2 cm³/mol. The van der Waals surface area contributed by atoms with E-state index in [0.717, 1.165) is 24.5 Å². The first-order valence-electron chi connectivity index (χ1n) is 7.92. The quantitative estimate of drug-likeness (QED) is 0.882. The van der Waals surface area contributed by atoms with E-state index in [-0.39, 0.29) is 5.91 Å². The van der Waals surface area contributed by atoms with Gasteiger partial charge in [0.05, 0.1) is 23.3 Å². The number of piperidine rings is 1. The SMILES string of the molecule is O=C(/C=C/c1cnccn1)Nc1ccccc1N1CCCCC1. The van der Waals surface area contributed by atoms with Crippen LogP contribution in [0.4, 0.5) is 11.4 Å². The summed E-state index contributed by atoms with van der Waals surface area (Å²) < 4.78 is 0. The van der Waals surface area contributed by atoms with E-state index in [1.54, 1.807) is 24.7 Å². The van der Waals surface area contributed by atoms with E-state index in [1.807, 2.05) is 18.2 Å². The number of carbonyl (C=O) groups is 1. The van der Waals surface area contributed by atoms with Crippen LogP contribution < -0.4 is 10.2 Å². The van der Waals surface area contributed by atoms with E-state index in [2.05, 4.69) is 26.3 Å². The molecule has 1 aromatic carbocycles. The Balaban J connectivity index is 1.70. The van der Waals surface area contributed by atoms with Gasteiger partial charge in [0.2, 0.25) is 5.91 Å². The maximum absolute atomic E-state index is 12.2. The minimum absolute atomic E-state index is 0.167. The Bertz CT molecular complexity index is 678. The fraction of sp³-hybridized carbons (Fsp3) is 0.278. The topological polar surface area (TPSA) is 58.1 Å². The summed E-state index contributed by atoms with van der Waals surface area (Å²) >= 11 is 0. The molecule has 1 fully saturated rings. The van der Waals surface area contributed by atoms with Gasteiger partial charge in [-0.25, -0.2) is 0 Å². The summed E-state index contributed by atoms with van der Waals surface area (Å²) in [6, 6.07) is 7.95. The van der Waals surface area contributed by atoms with Crippen molar-refractivity contribution < 1.29 is 4.79 Å². The molecule has 118 valence electrons. The molecule has 2 heterocycles. The third-order valence-electron chi connectivity index (χ3n) is 3.85. The van der Waals surface area contributed by atoms with Crippen LogP contribution in [0.15, 0.2) is 48.9 Å². The van der Waals surface area contributed by atoms with E-state index >= 15 is 0 Å². The molecule has 1 aromatic heterocycles. The van der Waals surface area contributed by atoms with Gasteiger partial charge in [0.15, 0.2) is 0 Å². The van der Waals surface area contributed by atoms with Crippen molar-refractivity contribution in [1.82, 2.24) is 9.97 Å². The monoisotopic (exact) mass is 308 g/mol. The molecule has 0 bridgehead atoms. The average molecular weight is 308 g/mol. The number of hydrogen-bond donors (Lipinski definition) is 1. The highest BCUT2D eigenvalue weighted by molar-refractivity contribution is 6.03. The van der Waals surface area contributed by atoms with Gasteiger partial charge in [-0.3, -0.25) is 14.8 Å². The lowest BCUT2D eigenvalue weighted by molar-refractivity contribution is -0.111. The van der Waals surface area contributed by atoms with Crippen LogP contribution in [-0.4, -0.2) is 29.0 Å². The predicted octanol–water partition coefficient (Wildman–Crippen LogP) is 3.12. The van der Waals surface area contributed by atoms with Crippen molar-refractivity contribution in [2.45, 2.75) is 19.3 Å². The van der Waals surface area contributed by atoms with Crippen molar-refractivity contribution in [2.75, 3.05) is 23.3 Å². The lowest BCUT2D eigenvalue weighted by atomic mass is 10.1. The van der Waals surface area contributed by atoms with Crippen molar-refractivity contribution in [1.29, 1.82) is 0 Å². The second-order valence-corrected chi connectivity index (χ2v) is 5.52. The normalized spacial score (nSPS) is 14.9. The maximum atomic E-state index is 12.2. The number of amides is 1. The summed E-state index contributed by atoms with van der Waals surface area (Å²) in [5.74, 6) is -0.167. The van der Waals surface area contributed by atoms with Gasteiger partial charge in [-0.2, -0.15) is 0 Å². The molecule has 5 nitrogen and oxygen atoms in total.